The third kappa shape index (κ3) is 10.9. The van der Waals surface area contributed by atoms with Gasteiger partial charge in [0.15, 0.2) is 5.96 Å². The minimum absolute atomic E-state index is 0.00360. The average Bonchev–Trinajstić information content (AvgIpc) is 2.84. The molecule has 15 heteroatoms. The summed E-state index contributed by atoms with van der Waals surface area (Å²) in [5.41, 5.74) is 21.6. The Morgan fingerprint density at radius 1 is 1.00 bits per heavy atom. The van der Waals surface area contributed by atoms with Crippen molar-refractivity contribution in [3.8, 4) is 0 Å². The van der Waals surface area contributed by atoms with Gasteiger partial charge in [0.05, 0.1) is 16.5 Å². The molecule has 216 valence electrons. The number of nitrogens with one attached hydrogen (secondary N) is 3. The molecule has 11 N–H and O–H groups in total. The number of nitrogen functional groups attached to an aromatic ring is 1. The Kier molecular flexibility index (Phi) is 12.8. The summed E-state index contributed by atoms with van der Waals surface area (Å²) in [5.74, 6) is -3.37. The van der Waals surface area contributed by atoms with Crippen LogP contribution < -0.4 is 38.9 Å². The summed E-state index contributed by atoms with van der Waals surface area (Å²) in [6.45, 7) is 7.39. The second-order valence-electron chi connectivity index (χ2n) is 9.82. The molecule has 4 amide bonds. The lowest BCUT2D eigenvalue weighted by Gasteiger charge is -2.25. The number of carbonyl (C=O) groups is 4. The maximum atomic E-state index is 13.2. The molecule has 15 nitrogen and oxygen atoms in total. The van der Waals surface area contributed by atoms with Crippen LogP contribution in [0.1, 0.15) is 57.3 Å². The second kappa shape index (κ2) is 15.2. The van der Waals surface area contributed by atoms with Crippen LogP contribution in [0.5, 0.6) is 0 Å². The third-order valence-electron chi connectivity index (χ3n) is 5.67. The number of hydrogen-bond acceptors (Lipinski definition) is 9. The molecule has 0 heterocycles. The van der Waals surface area contributed by atoms with Crippen LogP contribution in [0, 0.1) is 22.0 Å². The Bertz CT molecular complexity index is 1090. The van der Waals surface area contributed by atoms with E-state index in [4.69, 9.17) is 22.9 Å². The first-order chi connectivity index (χ1) is 18.1. The Labute approximate surface area is 226 Å². The highest BCUT2D eigenvalue weighted by Gasteiger charge is 2.30. The van der Waals surface area contributed by atoms with Crippen LogP contribution in [0.25, 0.3) is 0 Å². The number of nitro groups is 1. The predicted molar refractivity (Wildman–Crippen MR) is 146 cm³/mol. The van der Waals surface area contributed by atoms with E-state index in [2.05, 4.69) is 20.9 Å². The van der Waals surface area contributed by atoms with E-state index in [0.717, 1.165) is 12.1 Å². The summed E-state index contributed by atoms with van der Waals surface area (Å²) in [6.07, 6.45) is 0.538. The van der Waals surface area contributed by atoms with E-state index in [-0.39, 0.29) is 54.9 Å². The highest BCUT2D eigenvalue weighted by molar-refractivity contribution is 6.09. The van der Waals surface area contributed by atoms with Crippen molar-refractivity contribution < 1.29 is 24.1 Å². The number of anilines is 1. The van der Waals surface area contributed by atoms with Gasteiger partial charge in [0.25, 0.3) is 11.6 Å². The van der Waals surface area contributed by atoms with E-state index >= 15 is 0 Å². The maximum absolute atomic E-state index is 13.2. The summed E-state index contributed by atoms with van der Waals surface area (Å²) >= 11 is 0. The third-order valence-corrected chi connectivity index (χ3v) is 5.67. The highest BCUT2D eigenvalue weighted by Crippen LogP contribution is 2.19. The maximum Gasteiger partial charge on any atom is 0.270 e. The number of imide groups is 1. The number of nitrogens with zero attached hydrogens (tertiary/aromatic N) is 2. The van der Waals surface area contributed by atoms with Crippen LogP contribution in [0.15, 0.2) is 23.2 Å². The number of guanidine groups is 1. The number of rotatable bonds is 14. The quantitative estimate of drug-likeness (QED) is 0.0390. The van der Waals surface area contributed by atoms with E-state index in [9.17, 15) is 29.3 Å². The van der Waals surface area contributed by atoms with Crippen LogP contribution in [-0.4, -0.2) is 59.2 Å². The molecule has 0 aliphatic carbocycles. The van der Waals surface area contributed by atoms with Gasteiger partial charge in [-0.15, -0.1) is 0 Å². The second-order valence-corrected chi connectivity index (χ2v) is 9.82. The summed E-state index contributed by atoms with van der Waals surface area (Å²) in [5, 5.41) is 18.4. The highest BCUT2D eigenvalue weighted by atomic mass is 16.6. The molecule has 3 atom stereocenters. The fraction of sp³-hybridized carbons (Fsp3) is 0.542. The van der Waals surface area contributed by atoms with Crippen LogP contribution in [0.2, 0.25) is 0 Å². The molecule has 0 aromatic heterocycles. The molecule has 0 bridgehead atoms. The van der Waals surface area contributed by atoms with Crippen molar-refractivity contribution in [3.63, 3.8) is 0 Å². The van der Waals surface area contributed by atoms with Crippen molar-refractivity contribution >= 4 is 41.0 Å². The van der Waals surface area contributed by atoms with Gasteiger partial charge in [-0.3, -0.25) is 39.6 Å². The Hall–Kier alpha value is -4.27. The molecule has 0 fully saturated rings. The van der Waals surface area contributed by atoms with Gasteiger partial charge in [-0.1, -0.05) is 27.7 Å². The number of hydrogen-bond donors (Lipinski definition) is 7. The fourth-order valence-electron chi connectivity index (χ4n) is 3.44. The van der Waals surface area contributed by atoms with E-state index < -0.39 is 52.4 Å². The first kappa shape index (κ1) is 32.8. The molecule has 0 saturated heterocycles. The molecule has 0 radical (unpaired) electrons. The molecular weight excluding hydrogens is 510 g/mol. The molecule has 1 rings (SSSR count). The summed E-state index contributed by atoms with van der Waals surface area (Å²) in [6, 6.07) is 0.154. The van der Waals surface area contributed by atoms with Crippen molar-refractivity contribution in [2.75, 3.05) is 12.3 Å². The van der Waals surface area contributed by atoms with Gasteiger partial charge in [-0.25, -0.2) is 0 Å². The lowest BCUT2D eigenvalue weighted by Crippen LogP contribution is -2.57. The normalized spacial score (nSPS) is 13.2. The number of amides is 4. The van der Waals surface area contributed by atoms with Crippen molar-refractivity contribution in [1.29, 1.82) is 0 Å². The van der Waals surface area contributed by atoms with Gasteiger partial charge in [-0.05, 0) is 37.2 Å². The smallest absolute Gasteiger partial charge is 0.270 e. The van der Waals surface area contributed by atoms with Crippen LogP contribution in [0.4, 0.5) is 11.4 Å². The van der Waals surface area contributed by atoms with Crippen LogP contribution in [-0.2, 0) is 14.4 Å². The number of non-ortho nitro benzene ring substituents is 1. The number of nitrogens with two attached hydrogens (primary N) is 4. The lowest BCUT2D eigenvalue weighted by molar-refractivity contribution is -0.384. The standard InChI is InChI=1S/C24H39N9O6/c1-12(2)10-18(31-23(37)19(26)13(3)4)22(36)30-17(6-5-9-29-24(27)28)21(35)32-20(34)15-11-14(33(38)39)7-8-16(15)25/h7-8,11-13,17-19H,5-6,9-10,25-26H2,1-4H3,(H,30,36)(H,31,37)(H4,27,28,29)(H,32,34,35)/t17-,18-,19+/m0/s1. The Morgan fingerprint density at radius 3 is 2.15 bits per heavy atom. The zero-order valence-corrected chi connectivity index (χ0v) is 22.6. The minimum atomic E-state index is -1.24. The summed E-state index contributed by atoms with van der Waals surface area (Å²) < 4.78 is 0. The Morgan fingerprint density at radius 2 is 1.62 bits per heavy atom. The summed E-state index contributed by atoms with van der Waals surface area (Å²) in [4.78, 5) is 65.8. The zero-order chi connectivity index (χ0) is 29.9. The van der Waals surface area contributed by atoms with Gasteiger partial charge in [0, 0.05) is 24.4 Å². The molecule has 0 aliphatic rings. The van der Waals surface area contributed by atoms with E-state index in [0.29, 0.717) is 0 Å². The van der Waals surface area contributed by atoms with Crippen molar-refractivity contribution in [2.45, 2.75) is 65.1 Å². The van der Waals surface area contributed by atoms with Crippen molar-refractivity contribution in [2.24, 2.45) is 34.0 Å². The predicted octanol–water partition coefficient (Wildman–Crippen LogP) is -0.514. The van der Waals surface area contributed by atoms with Crippen molar-refractivity contribution in [1.82, 2.24) is 16.0 Å². The summed E-state index contributed by atoms with van der Waals surface area (Å²) in [7, 11) is 0. The van der Waals surface area contributed by atoms with Gasteiger partial charge in [-0.2, -0.15) is 0 Å². The minimum Gasteiger partial charge on any atom is -0.398 e. The van der Waals surface area contributed by atoms with Crippen LogP contribution >= 0.6 is 0 Å². The zero-order valence-electron chi connectivity index (χ0n) is 22.6. The molecule has 1 aromatic rings. The number of carbonyl (C=O) groups excluding carboxylic acids is 4. The van der Waals surface area contributed by atoms with E-state index in [1.165, 1.54) is 6.07 Å². The number of aliphatic imine (C=N–C) groups is 1. The van der Waals surface area contributed by atoms with E-state index in [1.54, 1.807) is 13.8 Å². The first-order valence-electron chi connectivity index (χ1n) is 12.4. The number of benzene rings is 1. The molecular formula is C24H39N9O6. The fourth-order valence-corrected chi connectivity index (χ4v) is 3.44. The molecule has 0 unspecified atom stereocenters. The molecule has 0 spiro atoms. The van der Waals surface area contributed by atoms with Crippen molar-refractivity contribution in [3.05, 3.63) is 33.9 Å². The lowest BCUT2D eigenvalue weighted by atomic mass is 10.00. The molecule has 39 heavy (non-hydrogen) atoms. The van der Waals surface area contributed by atoms with Gasteiger partial charge in [0.2, 0.25) is 17.7 Å². The first-order valence-corrected chi connectivity index (χ1v) is 12.4. The average molecular weight is 550 g/mol. The molecule has 1 aromatic carbocycles. The Balaban J connectivity index is 3.15. The monoisotopic (exact) mass is 549 g/mol. The topological polar surface area (TPSA) is 264 Å². The SMILES string of the molecule is CC(C)C[C@H](NC(=O)[C@H](N)C(C)C)C(=O)N[C@@H](CCCN=C(N)N)C(=O)NC(=O)c1cc([N+](=O)[O-])ccc1N. The van der Waals surface area contributed by atoms with Crippen LogP contribution in [0.3, 0.4) is 0 Å². The van der Waals surface area contributed by atoms with Gasteiger partial charge in [0.1, 0.15) is 12.1 Å². The van der Waals surface area contributed by atoms with Gasteiger partial charge >= 0.3 is 0 Å². The molecule has 0 saturated carbocycles. The largest absolute Gasteiger partial charge is 0.398 e. The molecule has 0 aliphatic heterocycles. The van der Waals surface area contributed by atoms with E-state index in [1.807, 2.05) is 13.8 Å². The van der Waals surface area contributed by atoms with Gasteiger partial charge < -0.3 is 33.6 Å². The number of nitro benzene ring substituents is 1.